The minimum atomic E-state index is -0.274. The lowest BCUT2D eigenvalue weighted by atomic mass is 9.85. The van der Waals surface area contributed by atoms with E-state index in [0.717, 1.165) is 12.0 Å². The Kier molecular flexibility index (Phi) is 2.77. The molecule has 1 amide bonds. The van der Waals surface area contributed by atoms with Crippen LogP contribution in [0.15, 0.2) is 12.4 Å². The van der Waals surface area contributed by atoms with E-state index in [1.54, 1.807) is 12.4 Å². The topological polar surface area (TPSA) is 42.4 Å². The minimum absolute atomic E-state index is 0.0568. The molecular weight excluding hydrogens is 288 g/mol. The van der Waals surface area contributed by atoms with Crippen LogP contribution in [0.25, 0.3) is 0 Å². The molecule has 2 fully saturated rings. The van der Waals surface area contributed by atoms with Gasteiger partial charge in [-0.3, -0.25) is 9.78 Å². The van der Waals surface area contributed by atoms with Gasteiger partial charge < -0.3 is 9.64 Å². The van der Waals surface area contributed by atoms with E-state index in [1.165, 1.54) is 12.8 Å². The Morgan fingerprint density at radius 1 is 1.43 bits per heavy atom. The van der Waals surface area contributed by atoms with Crippen molar-refractivity contribution in [1.82, 2.24) is 9.88 Å². The van der Waals surface area contributed by atoms with Crippen molar-refractivity contribution in [2.24, 2.45) is 11.3 Å². The SMILES string of the molecule is CC(C)(C(=O)N1C[C@@H]2C[C@H]1c1cncc(Cl)c1O2)C1CC1. The molecule has 4 rings (SSSR count). The van der Waals surface area contributed by atoms with Crippen LogP contribution < -0.4 is 4.74 Å². The highest BCUT2D eigenvalue weighted by atomic mass is 35.5. The molecule has 0 N–H and O–H groups in total. The van der Waals surface area contributed by atoms with Crippen molar-refractivity contribution in [2.75, 3.05) is 6.54 Å². The molecule has 2 aliphatic heterocycles. The molecule has 3 heterocycles. The number of fused-ring (bicyclic) bond motifs is 4. The molecule has 1 aliphatic carbocycles. The molecule has 0 aromatic carbocycles. The summed E-state index contributed by atoms with van der Waals surface area (Å²) < 4.78 is 5.96. The quantitative estimate of drug-likeness (QED) is 0.842. The normalized spacial score (nSPS) is 27.3. The zero-order valence-electron chi connectivity index (χ0n) is 12.3. The first-order chi connectivity index (χ1) is 9.98. The number of hydrogen-bond acceptors (Lipinski definition) is 3. The number of nitrogens with zero attached hydrogens (tertiary/aromatic N) is 2. The highest BCUT2D eigenvalue weighted by Crippen LogP contribution is 2.51. The van der Waals surface area contributed by atoms with E-state index >= 15 is 0 Å². The number of likely N-dealkylation sites (tertiary alicyclic amines) is 1. The van der Waals surface area contributed by atoms with Gasteiger partial charge in [-0.1, -0.05) is 25.4 Å². The van der Waals surface area contributed by atoms with Gasteiger partial charge in [-0.2, -0.15) is 0 Å². The largest absolute Gasteiger partial charge is 0.486 e. The fourth-order valence-electron chi connectivity index (χ4n) is 3.72. The van der Waals surface area contributed by atoms with Crippen molar-refractivity contribution in [3.05, 3.63) is 23.0 Å². The van der Waals surface area contributed by atoms with Gasteiger partial charge in [-0.15, -0.1) is 0 Å². The van der Waals surface area contributed by atoms with Gasteiger partial charge in [-0.25, -0.2) is 0 Å². The maximum atomic E-state index is 13.0. The Morgan fingerprint density at radius 2 is 2.19 bits per heavy atom. The van der Waals surface area contributed by atoms with Crippen LogP contribution in [0.5, 0.6) is 5.75 Å². The van der Waals surface area contributed by atoms with Crippen molar-refractivity contribution in [3.8, 4) is 5.75 Å². The molecular formula is C16H19ClN2O2. The Morgan fingerprint density at radius 3 is 2.90 bits per heavy atom. The molecule has 1 aromatic rings. The van der Waals surface area contributed by atoms with E-state index in [0.29, 0.717) is 23.2 Å². The van der Waals surface area contributed by atoms with E-state index in [4.69, 9.17) is 16.3 Å². The van der Waals surface area contributed by atoms with Crippen molar-refractivity contribution in [1.29, 1.82) is 0 Å². The molecule has 1 saturated heterocycles. The van der Waals surface area contributed by atoms with Crippen LogP contribution >= 0.6 is 11.6 Å². The molecule has 21 heavy (non-hydrogen) atoms. The first-order valence-corrected chi connectivity index (χ1v) is 7.97. The van der Waals surface area contributed by atoms with Crippen molar-refractivity contribution in [2.45, 2.75) is 45.3 Å². The van der Waals surface area contributed by atoms with Gasteiger partial charge in [0, 0.05) is 29.8 Å². The number of amides is 1. The molecule has 0 unspecified atom stereocenters. The number of hydrogen-bond donors (Lipinski definition) is 0. The molecule has 4 nitrogen and oxygen atoms in total. The van der Waals surface area contributed by atoms with Crippen LogP contribution in [0, 0.1) is 11.3 Å². The fraction of sp³-hybridized carbons (Fsp3) is 0.625. The molecule has 2 atom stereocenters. The lowest BCUT2D eigenvalue weighted by molar-refractivity contribution is -0.142. The summed E-state index contributed by atoms with van der Waals surface area (Å²) >= 11 is 6.19. The lowest BCUT2D eigenvalue weighted by Crippen LogP contribution is -2.42. The van der Waals surface area contributed by atoms with Crippen LogP contribution in [-0.2, 0) is 4.79 Å². The Balaban J connectivity index is 1.69. The van der Waals surface area contributed by atoms with Crippen LogP contribution in [0.1, 0.15) is 44.7 Å². The van der Waals surface area contributed by atoms with E-state index in [-0.39, 0.29) is 23.5 Å². The summed E-state index contributed by atoms with van der Waals surface area (Å²) in [5.41, 5.74) is 0.681. The first kappa shape index (κ1) is 13.4. The standard InChI is InChI=1S/C16H19ClN2O2/c1-16(2,9-3-4-9)15(20)19-8-10-5-13(19)11-6-18-7-12(17)14(11)21-10/h6-7,9-10,13H,3-5,8H2,1-2H3/t10-,13-/m0/s1. The second kappa shape index (κ2) is 4.35. The van der Waals surface area contributed by atoms with Gasteiger partial charge in [0.15, 0.2) is 0 Å². The second-order valence-electron chi connectivity index (χ2n) is 6.98. The molecule has 1 aromatic heterocycles. The Bertz CT molecular complexity index is 612. The number of carbonyl (C=O) groups is 1. The number of ether oxygens (including phenoxy) is 1. The third-order valence-electron chi connectivity index (χ3n) is 5.20. The Hall–Kier alpha value is -1.29. The van der Waals surface area contributed by atoms with Crippen LogP contribution in [0.3, 0.4) is 0 Å². The van der Waals surface area contributed by atoms with Crippen molar-refractivity contribution in [3.63, 3.8) is 0 Å². The summed E-state index contributed by atoms with van der Waals surface area (Å²) in [6.07, 6.45) is 6.63. The molecule has 1 saturated carbocycles. The summed E-state index contributed by atoms with van der Waals surface area (Å²) in [5.74, 6) is 1.49. The summed E-state index contributed by atoms with van der Waals surface area (Å²) in [5, 5.41) is 0.540. The summed E-state index contributed by atoms with van der Waals surface area (Å²) in [7, 11) is 0. The van der Waals surface area contributed by atoms with E-state index < -0.39 is 0 Å². The van der Waals surface area contributed by atoms with Crippen LogP contribution in [0.4, 0.5) is 0 Å². The van der Waals surface area contributed by atoms with Gasteiger partial charge >= 0.3 is 0 Å². The number of halogens is 1. The zero-order valence-corrected chi connectivity index (χ0v) is 13.1. The molecule has 5 heteroatoms. The monoisotopic (exact) mass is 306 g/mol. The van der Waals surface area contributed by atoms with Crippen molar-refractivity contribution < 1.29 is 9.53 Å². The maximum absolute atomic E-state index is 13.0. The van der Waals surface area contributed by atoms with E-state index in [2.05, 4.69) is 18.8 Å². The fourth-order valence-corrected chi connectivity index (χ4v) is 3.93. The third kappa shape index (κ3) is 1.95. The number of aromatic nitrogens is 1. The predicted molar refractivity (Wildman–Crippen MR) is 79.2 cm³/mol. The maximum Gasteiger partial charge on any atom is 0.229 e. The minimum Gasteiger partial charge on any atom is -0.486 e. The average molecular weight is 307 g/mol. The Labute approximate surface area is 129 Å². The van der Waals surface area contributed by atoms with Gasteiger partial charge in [0.05, 0.1) is 12.6 Å². The molecule has 0 spiro atoms. The average Bonchev–Trinajstić information content (AvgIpc) is 3.25. The van der Waals surface area contributed by atoms with E-state index in [9.17, 15) is 4.79 Å². The highest BCUT2D eigenvalue weighted by molar-refractivity contribution is 6.32. The number of rotatable bonds is 2. The van der Waals surface area contributed by atoms with Gasteiger partial charge in [0.1, 0.15) is 16.9 Å². The number of pyridine rings is 1. The number of carbonyl (C=O) groups excluding carboxylic acids is 1. The molecule has 2 bridgehead atoms. The molecule has 3 aliphatic rings. The van der Waals surface area contributed by atoms with Gasteiger partial charge in [-0.05, 0) is 18.8 Å². The van der Waals surface area contributed by atoms with Crippen molar-refractivity contribution >= 4 is 17.5 Å². The zero-order chi connectivity index (χ0) is 14.8. The van der Waals surface area contributed by atoms with Gasteiger partial charge in [0.25, 0.3) is 0 Å². The predicted octanol–water partition coefficient (Wildman–Crippen LogP) is 3.21. The van der Waals surface area contributed by atoms with Gasteiger partial charge in [0.2, 0.25) is 5.91 Å². The molecule has 0 radical (unpaired) electrons. The highest BCUT2D eigenvalue weighted by Gasteiger charge is 2.50. The van der Waals surface area contributed by atoms with E-state index in [1.807, 2.05) is 4.90 Å². The van der Waals surface area contributed by atoms with Crippen LogP contribution in [0.2, 0.25) is 5.02 Å². The lowest BCUT2D eigenvalue weighted by Gasteiger charge is -2.33. The summed E-state index contributed by atoms with van der Waals surface area (Å²) in [6.45, 7) is 4.81. The first-order valence-electron chi connectivity index (χ1n) is 7.59. The third-order valence-corrected chi connectivity index (χ3v) is 5.47. The van der Waals surface area contributed by atoms with Crippen LogP contribution in [-0.4, -0.2) is 28.4 Å². The smallest absolute Gasteiger partial charge is 0.229 e. The molecule has 112 valence electrons. The summed E-state index contributed by atoms with van der Waals surface area (Å²) in [4.78, 5) is 19.2. The second-order valence-corrected chi connectivity index (χ2v) is 7.39. The summed E-state index contributed by atoms with van der Waals surface area (Å²) in [6, 6.07) is 0.0653.